The number of carbonyl (C=O) groups excluding carboxylic acids is 1. The summed E-state index contributed by atoms with van der Waals surface area (Å²) in [5.41, 5.74) is 2.37. The van der Waals surface area contributed by atoms with E-state index in [-0.39, 0.29) is 12.2 Å². The van der Waals surface area contributed by atoms with Crippen LogP contribution in [0.3, 0.4) is 0 Å². The number of benzene rings is 2. The normalized spacial score (nSPS) is 10.9. The maximum absolute atomic E-state index is 12.4. The van der Waals surface area contributed by atoms with Crippen LogP contribution in [-0.4, -0.2) is 10.8 Å². The minimum absolute atomic E-state index is 0.0200. The van der Waals surface area contributed by atoms with Crippen LogP contribution in [0, 0.1) is 0 Å². The molecule has 20 heavy (non-hydrogen) atoms. The molecule has 0 saturated heterocycles. The van der Waals surface area contributed by atoms with Gasteiger partial charge in [-0.3, -0.25) is 4.79 Å². The molecule has 100 valence electrons. The molecule has 0 amide bonds. The lowest BCUT2D eigenvalue weighted by molar-refractivity contribution is 0.0994. The van der Waals surface area contributed by atoms with E-state index in [0.29, 0.717) is 15.6 Å². The van der Waals surface area contributed by atoms with E-state index in [4.69, 9.17) is 23.2 Å². The molecular formula is C16H11Cl2NO. The van der Waals surface area contributed by atoms with Gasteiger partial charge in [0.2, 0.25) is 0 Å². The Morgan fingerprint density at radius 3 is 2.70 bits per heavy atom. The van der Waals surface area contributed by atoms with E-state index in [9.17, 15) is 4.79 Å². The number of Topliss-reactive ketones (excluding diaryl/α,β-unsaturated/α-hetero) is 1. The van der Waals surface area contributed by atoms with Crippen molar-refractivity contribution in [1.29, 1.82) is 0 Å². The van der Waals surface area contributed by atoms with Gasteiger partial charge in [0.05, 0.1) is 0 Å². The summed E-state index contributed by atoms with van der Waals surface area (Å²) in [7, 11) is 0. The van der Waals surface area contributed by atoms with Crippen molar-refractivity contribution in [2.24, 2.45) is 0 Å². The summed E-state index contributed by atoms with van der Waals surface area (Å²) in [6.45, 7) is 0. The van der Waals surface area contributed by atoms with Gasteiger partial charge in [-0.1, -0.05) is 41.4 Å². The number of aromatic amines is 1. The first-order valence-electron chi connectivity index (χ1n) is 6.18. The molecule has 1 N–H and O–H groups in total. The maximum atomic E-state index is 12.4. The SMILES string of the molecule is O=C(Cc1ccccc1Cl)c1c[nH]c2ccc(Cl)cc12. The summed E-state index contributed by atoms with van der Waals surface area (Å²) in [6, 6.07) is 12.8. The van der Waals surface area contributed by atoms with E-state index in [2.05, 4.69) is 4.98 Å². The summed E-state index contributed by atoms with van der Waals surface area (Å²) in [5.74, 6) is 0.0200. The van der Waals surface area contributed by atoms with Crippen LogP contribution in [-0.2, 0) is 6.42 Å². The second-order valence-corrected chi connectivity index (χ2v) is 5.43. The molecule has 0 aliphatic heterocycles. The molecule has 4 heteroatoms. The molecule has 0 radical (unpaired) electrons. The van der Waals surface area contributed by atoms with E-state index < -0.39 is 0 Å². The first kappa shape index (κ1) is 13.2. The Morgan fingerprint density at radius 1 is 1.10 bits per heavy atom. The van der Waals surface area contributed by atoms with Crippen LogP contribution in [0.15, 0.2) is 48.7 Å². The van der Waals surface area contributed by atoms with Gasteiger partial charge >= 0.3 is 0 Å². The molecule has 0 unspecified atom stereocenters. The smallest absolute Gasteiger partial charge is 0.169 e. The van der Waals surface area contributed by atoms with Crippen molar-refractivity contribution in [2.45, 2.75) is 6.42 Å². The van der Waals surface area contributed by atoms with E-state index in [0.717, 1.165) is 16.5 Å². The Morgan fingerprint density at radius 2 is 1.90 bits per heavy atom. The number of H-pyrrole nitrogens is 1. The molecule has 3 aromatic rings. The van der Waals surface area contributed by atoms with Crippen LogP contribution in [0.1, 0.15) is 15.9 Å². The fraction of sp³-hybridized carbons (Fsp3) is 0.0625. The summed E-state index contributed by atoms with van der Waals surface area (Å²) < 4.78 is 0. The Balaban J connectivity index is 1.97. The largest absolute Gasteiger partial charge is 0.360 e. The zero-order chi connectivity index (χ0) is 14.1. The molecule has 0 bridgehead atoms. The third kappa shape index (κ3) is 2.45. The van der Waals surface area contributed by atoms with Crippen LogP contribution in [0.4, 0.5) is 0 Å². The van der Waals surface area contributed by atoms with Crippen LogP contribution in [0.5, 0.6) is 0 Å². The van der Waals surface area contributed by atoms with Gasteiger partial charge in [-0.2, -0.15) is 0 Å². The monoisotopic (exact) mass is 303 g/mol. The van der Waals surface area contributed by atoms with Crippen LogP contribution in [0.25, 0.3) is 10.9 Å². The molecule has 0 spiro atoms. The lowest BCUT2D eigenvalue weighted by Crippen LogP contribution is -2.03. The van der Waals surface area contributed by atoms with Crippen LogP contribution >= 0.6 is 23.2 Å². The fourth-order valence-corrected chi connectivity index (χ4v) is 2.61. The molecule has 2 aromatic carbocycles. The summed E-state index contributed by atoms with van der Waals surface area (Å²) in [6.07, 6.45) is 2.00. The van der Waals surface area contributed by atoms with Crippen molar-refractivity contribution >= 4 is 39.9 Å². The predicted octanol–water partition coefficient (Wildman–Crippen LogP) is 4.90. The van der Waals surface area contributed by atoms with Gasteiger partial charge in [-0.05, 0) is 29.8 Å². The van der Waals surface area contributed by atoms with Crippen molar-refractivity contribution in [2.75, 3.05) is 0 Å². The lowest BCUT2D eigenvalue weighted by atomic mass is 10.0. The molecular weight excluding hydrogens is 293 g/mol. The van der Waals surface area contributed by atoms with Gasteiger partial charge in [0, 0.05) is 39.1 Å². The molecule has 0 aliphatic rings. The number of aromatic nitrogens is 1. The quantitative estimate of drug-likeness (QED) is 0.686. The van der Waals surface area contributed by atoms with Crippen LogP contribution in [0.2, 0.25) is 10.0 Å². The van der Waals surface area contributed by atoms with Crippen molar-refractivity contribution in [1.82, 2.24) is 4.98 Å². The molecule has 0 fully saturated rings. The van der Waals surface area contributed by atoms with Crippen molar-refractivity contribution in [3.05, 3.63) is 69.8 Å². The number of hydrogen-bond acceptors (Lipinski definition) is 1. The molecule has 0 saturated carbocycles. The molecule has 2 nitrogen and oxygen atoms in total. The fourth-order valence-electron chi connectivity index (χ4n) is 2.23. The standard InChI is InChI=1S/C16H11Cl2NO/c17-11-5-6-15-12(8-11)13(9-19-15)16(20)7-10-3-1-2-4-14(10)18/h1-6,8-9,19H,7H2. The Kier molecular flexibility index (Phi) is 3.51. The third-order valence-corrected chi connectivity index (χ3v) is 3.86. The van der Waals surface area contributed by atoms with Crippen molar-refractivity contribution in [3.63, 3.8) is 0 Å². The molecule has 0 atom stereocenters. The number of halogens is 2. The Bertz CT molecular complexity index is 792. The summed E-state index contributed by atoms with van der Waals surface area (Å²) in [5, 5.41) is 2.07. The Hall–Kier alpha value is -1.77. The molecule has 1 heterocycles. The highest BCUT2D eigenvalue weighted by Gasteiger charge is 2.14. The highest BCUT2D eigenvalue weighted by atomic mass is 35.5. The number of fused-ring (bicyclic) bond motifs is 1. The first-order chi connectivity index (χ1) is 9.65. The minimum atomic E-state index is 0.0200. The van der Waals surface area contributed by atoms with Crippen LogP contribution < -0.4 is 0 Å². The van der Waals surface area contributed by atoms with E-state index in [1.165, 1.54) is 0 Å². The zero-order valence-electron chi connectivity index (χ0n) is 10.5. The highest BCUT2D eigenvalue weighted by molar-refractivity contribution is 6.32. The topological polar surface area (TPSA) is 32.9 Å². The van der Waals surface area contributed by atoms with Crippen molar-refractivity contribution in [3.8, 4) is 0 Å². The van der Waals surface area contributed by atoms with Gasteiger partial charge < -0.3 is 4.98 Å². The number of hydrogen-bond donors (Lipinski definition) is 1. The third-order valence-electron chi connectivity index (χ3n) is 3.25. The van der Waals surface area contributed by atoms with Gasteiger partial charge in [-0.15, -0.1) is 0 Å². The zero-order valence-corrected chi connectivity index (χ0v) is 12.0. The Labute approximate surface area is 126 Å². The maximum Gasteiger partial charge on any atom is 0.169 e. The lowest BCUT2D eigenvalue weighted by Gasteiger charge is -2.03. The first-order valence-corrected chi connectivity index (χ1v) is 6.94. The number of nitrogens with one attached hydrogen (secondary N) is 1. The number of rotatable bonds is 3. The summed E-state index contributed by atoms with van der Waals surface area (Å²) >= 11 is 12.1. The van der Waals surface area contributed by atoms with Crippen molar-refractivity contribution < 1.29 is 4.79 Å². The second-order valence-electron chi connectivity index (χ2n) is 4.58. The van der Waals surface area contributed by atoms with Gasteiger partial charge in [0.25, 0.3) is 0 Å². The molecule has 1 aromatic heterocycles. The summed E-state index contributed by atoms with van der Waals surface area (Å²) in [4.78, 5) is 15.5. The minimum Gasteiger partial charge on any atom is -0.360 e. The van der Waals surface area contributed by atoms with E-state index >= 15 is 0 Å². The van der Waals surface area contributed by atoms with E-state index in [1.54, 1.807) is 24.4 Å². The highest BCUT2D eigenvalue weighted by Crippen LogP contribution is 2.24. The van der Waals surface area contributed by atoms with Gasteiger partial charge in [0.15, 0.2) is 5.78 Å². The van der Waals surface area contributed by atoms with E-state index in [1.807, 2.05) is 24.3 Å². The predicted molar refractivity (Wildman–Crippen MR) is 82.8 cm³/mol. The average Bonchev–Trinajstić information content (AvgIpc) is 2.84. The van der Waals surface area contributed by atoms with Gasteiger partial charge in [-0.25, -0.2) is 0 Å². The second kappa shape index (κ2) is 5.31. The molecule has 0 aliphatic carbocycles. The number of ketones is 1. The van der Waals surface area contributed by atoms with Gasteiger partial charge in [0.1, 0.15) is 0 Å². The average molecular weight is 304 g/mol. The molecule has 3 rings (SSSR count). The number of carbonyl (C=O) groups is 1.